The first-order valence-electron chi connectivity index (χ1n) is 6.53. The summed E-state index contributed by atoms with van der Waals surface area (Å²) in [5.74, 6) is -1.63. The van der Waals surface area contributed by atoms with Crippen LogP contribution in [0.4, 0.5) is 10.1 Å². The molecule has 0 atom stereocenters. The number of halogens is 1. The quantitative estimate of drug-likeness (QED) is 0.868. The molecule has 7 nitrogen and oxygen atoms in total. The molecule has 2 rings (SSSR count). The lowest BCUT2D eigenvalue weighted by Crippen LogP contribution is -2.09. The molecule has 3 N–H and O–H groups in total. The fraction of sp³-hybridized carbons (Fsp3) is 0.286. The first kappa shape index (κ1) is 15.6. The van der Waals surface area contributed by atoms with E-state index in [1.165, 1.54) is 12.4 Å². The van der Waals surface area contributed by atoms with Crippen LogP contribution in [-0.4, -0.2) is 32.6 Å². The van der Waals surface area contributed by atoms with Crippen molar-refractivity contribution in [2.45, 2.75) is 13.8 Å². The number of carboxylic acids is 1. The Kier molecular flexibility index (Phi) is 4.50. The molecule has 2 aromatic heterocycles. The molecule has 0 amide bonds. The van der Waals surface area contributed by atoms with Gasteiger partial charge in [0.2, 0.25) is 5.88 Å². The maximum atomic E-state index is 14.0. The van der Waals surface area contributed by atoms with Crippen molar-refractivity contribution < 1.29 is 19.0 Å². The number of hydrogen-bond acceptors (Lipinski definition) is 6. The Hall–Kier alpha value is -2.77. The number of nitrogens with two attached hydrogens (primary N) is 1. The van der Waals surface area contributed by atoms with Crippen molar-refractivity contribution in [3.8, 4) is 17.3 Å². The van der Waals surface area contributed by atoms with Crippen LogP contribution < -0.4 is 10.5 Å². The maximum Gasteiger partial charge on any atom is 0.356 e. The number of aromatic carboxylic acids is 1. The summed E-state index contributed by atoms with van der Waals surface area (Å²) in [5, 5.41) is 9.00. The largest absolute Gasteiger partial charge is 0.476 e. The third kappa shape index (κ3) is 3.46. The number of nitrogen functional groups attached to an aromatic ring is 1. The van der Waals surface area contributed by atoms with Gasteiger partial charge in [-0.1, -0.05) is 13.8 Å². The van der Waals surface area contributed by atoms with Crippen LogP contribution in [0.25, 0.3) is 11.4 Å². The second kappa shape index (κ2) is 6.33. The smallest absolute Gasteiger partial charge is 0.356 e. The first-order valence-corrected chi connectivity index (χ1v) is 6.53. The molecule has 0 spiro atoms. The molecular weight excluding hydrogens is 291 g/mol. The molecule has 0 bridgehead atoms. The number of carboxylic acid groups (broad SMARTS) is 1. The van der Waals surface area contributed by atoms with E-state index in [0.29, 0.717) is 6.61 Å². The summed E-state index contributed by atoms with van der Waals surface area (Å²) >= 11 is 0. The molecule has 0 fully saturated rings. The molecule has 0 aromatic carbocycles. The summed E-state index contributed by atoms with van der Waals surface area (Å²) in [4.78, 5) is 22.7. The van der Waals surface area contributed by atoms with Gasteiger partial charge in [0.05, 0.1) is 24.7 Å². The van der Waals surface area contributed by atoms with Gasteiger partial charge in [-0.05, 0) is 5.92 Å². The number of ether oxygens (including phenoxy) is 1. The van der Waals surface area contributed by atoms with Crippen LogP contribution in [0.15, 0.2) is 18.5 Å². The van der Waals surface area contributed by atoms with Gasteiger partial charge in [-0.15, -0.1) is 0 Å². The SMILES string of the molecule is CC(C)COc1cncc(-c2nc(C(=O)O)c(N)cc2F)n1. The Morgan fingerprint density at radius 1 is 1.41 bits per heavy atom. The summed E-state index contributed by atoms with van der Waals surface area (Å²) in [7, 11) is 0. The molecule has 22 heavy (non-hydrogen) atoms. The number of anilines is 1. The fourth-order valence-corrected chi connectivity index (χ4v) is 1.64. The number of carbonyl (C=O) groups is 1. The average Bonchev–Trinajstić information content (AvgIpc) is 2.45. The van der Waals surface area contributed by atoms with Gasteiger partial charge >= 0.3 is 5.97 Å². The summed E-state index contributed by atoms with van der Waals surface area (Å²) in [6.07, 6.45) is 2.66. The minimum Gasteiger partial charge on any atom is -0.476 e. The second-order valence-electron chi connectivity index (χ2n) is 5.01. The number of pyridine rings is 1. The van der Waals surface area contributed by atoms with Crippen LogP contribution in [0.1, 0.15) is 24.3 Å². The Balaban J connectivity index is 2.41. The van der Waals surface area contributed by atoms with E-state index in [1.54, 1.807) is 0 Å². The van der Waals surface area contributed by atoms with Gasteiger partial charge < -0.3 is 15.6 Å². The van der Waals surface area contributed by atoms with Crippen molar-refractivity contribution in [2.24, 2.45) is 5.92 Å². The number of hydrogen-bond donors (Lipinski definition) is 2. The molecule has 0 aliphatic rings. The third-order valence-corrected chi connectivity index (χ3v) is 2.63. The monoisotopic (exact) mass is 306 g/mol. The Labute approximate surface area is 126 Å². The van der Waals surface area contributed by atoms with Crippen LogP contribution in [0.5, 0.6) is 5.88 Å². The molecule has 0 radical (unpaired) electrons. The predicted octanol–water partition coefficient (Wildman–Crippen LogP) is 1.99. The minimum atomic E-state index is -1.35. The number of rotatable bonds is 5. The molecular formula is C14H15FN4O3. The Bertz CT molecular complexity index is 706. The van der Waals surface area contributed by atoms with E-state index in [4.69, 9.17) is 15.6 Å². The van der Waals surface area contributed by atoms with Crippen molar-refractivity contribution in [3.63, 3.8) is 0 Å². The molecule has 0 aliphatic carbocycles. The van der Waals surface area contributed by atoms with E-state index < -0.39 is 17.5 Å². The zero-order chi connectivity index (χ0) is 16.3. The lowest BCUT2D eigenvalue weighted by Gasteiger charge is -2.09. The van der Waals surface area contributed by atoms with E-state index in [9.17, 15) is 9.18 Å². The molecule has 0 saturated carbocycles. The lowest BCUT2D eigenvalue weighted by molar-refractivity contribution is 0.0692. The van der Waals surface area contributed by atoms with Gasteiger partial charge in [0.1, 0.15) is 11.4 Å². The van der Waals surface area contributed by atoms with Gasteiger partial charge in [0.25, 0.3) is 0 Å². The summed E-state index contributed by atoms with van der Waals surface area (Å²) in [6.45, 7) is 4.37. The zero-order valence-corrected chi connectivity index (χ0v) is 12.1. The highest BCUT2D eigenvalue weighted by atomic mass is 19.1. The van der Waals surface area contributed by atoms with Gasteiger partial charge in [-0.2, -0.15) is 0 Å². The normalized spacial score (nSPS) is 10.7. The Morgan fingerprint density at radius 3 is 2.77 bits per heavy atom. The highest BCUT2D eigenvalue weighted by Gasteiger charge is 2.18. The van der Waals surface area contributed by atoms with Crippen LogP contribution in [0.3, 0.4) is 0 Å². The maximum absolute atomic E-state index is 14.0. The minimum absolute atomic E-state index is 0.0706. The number of nitrogens with zero attached hydrogens (tertiary/aromatic N) is 3. The molecule has 2 aromatic rings. The van der Waals surface area contributed by atoms with E-state index in [1.807, 2.05) is 13.8 Å². The molecule has 0 aliphatic heterocycles. The van der Waals surface area contributed by atoms with E-state index in [0.717, 1.165) is 6.07 Å². The first-order chi connectivity index (χ1) is 10.4. The molecule has 8 heteroatoms. The summed E-state index contributed by atoms with van der Waals surface area (Å²) in [5.41, 5.74) is 4.57. The second-order valence-corrected chi connectivity index (χ2v) is 5.01. The van der Waals surface area contributed by atoms with Crippen LogP contribution in [0, 0.1) is 11.7 Å². The molecule has 116 valence electrons. The van der Waals surface area contributed by atoms with Crippen molar-refractivity contribution in [2.75, 3.05) is 12.3 Å². The van der Waals surface area contributed by atoms with Crippen molar-refractivity contribution in [1.29, 1.82) is 0 Å². The van der Waals surface area contributed by atoms with Crippen LogP contribution >= 0.6 is 0 Å². The van der Waals surface area contributed by atoms with Gasteiger partial charge in [0, 0.05) is 6.07 Å². The van der Waals surface area contributed by atoms with Crippen LogP contribution in [0.2, 0.25) is 0 Å². The van der Waals surface area contributed by atoms with Crippen LogP contribution in [-0.2, 0) is 0 Å². The Morgan fingerprint density at radius 2 is 2.14 bits per heavy atom. The predicted molar refractivity (Wildman–Crippen MR) is 76.9 cm³/mol. The van der Waals surface area contributed by atoms with Crippen molar-refractivity contribution in [3.05, 3.63) is 30.0 Å². The van der Waals surface area contributed by atoms with E-state index in [-0.39, 0.29) is 28.9 Å². The van der Waals surface area contributed by atoms with Gasteiger partial charge in [-0.3, -0.25) is 4.98 Å². The zero-order valence-electron chi connectivity index (χ0n) is 12.1. The summed E-state index contributed by atoms with van der Waals surface area (Å²) in [6, 6.07) is 0.898. The fourth-order valence-electron chi connectivity index (χ4n) is 1.64. The molecule has 0 unspecified atom stereocenters. The average molecular weight is 306 g/mol. The highest BCUT2D eigenvalue weighted by Crippen LogP contribution is 2.23. The van der Waals surface area contributed by atoms with E-state index in [2.05, 4.69) is 15.0 Å². The van der Waals surface area contributed by atoms with Crippen molar-refractivity contribution >= 4 is 11.7 Å². The third-order valence-electron chi connectivity index (χ3n) is 2.63. The van der Waals surface area contributed by atoms with Gasteiger partial charge in [-0.25, -0.2) is 19.2 Å². The number of aromatic nitrogens is 3. The van der Waals surface area contributed by atoms with Crippen molar-refractivity contribution in [1.82, 2.24) is 15.0 Å². The summed E-state index contributed by atoms with van der Waals surface area (Å²) < 4.78 is 19.4. The molecule has 0 saturated heterocycles. The lowest BCUT2D eigenvalue weighted by atomic mass is 10.2. The van der Waals surface area contributed by atoms with Gasteiger partial charge in [0.15, 0.2) is 11.5 Å². The van der Waals surface area contributed by atoms with E-state index >= 15 is 0 Å². The molecule has 2 heterocycles. The standard InChI is InChI=1S/C14H15FN4O3/c1-7(2)6-22-11-5-17-4-10(18-11)12-8(15)3-9(16)13(19-12)14(20)21/h3-5,7H,6,16H2,1-2H3,(H,20,21). The highest BCUT2D eigenvalue weighted by molar-refractivity contribution is 5.92. The topological polar surface area (TPSA) is 111 Å².